The van der Waals surface area contributed by atoms with Crippen LogP contribution in [0.3, 0.4) is 0 Å². The maximum atomic E-state index is 12.4. The summed E-state index contributed by atoms with van der Waals surface area (Å²) in [6.45, 7) is 3.64. The van der Waals surface area contributed by atoms with E-state index in [0.29, 0.717) is 25.2 Å². The number of nitrogens with two attached hydrogens (primary N) is 1. The number of rotatable bonds is 4. The third kappa shape index (κ3) is 2.33. The summed E-state index contributed by atoms with van der Waals surface area (Å²) in [5, 5.41) is 0.979. The predicted octanol–water partition coefficient (Wildman–Crippen LogP) is 1.66. The van der Waals surface area contributed by atoms with Crippen LogP contribution in [0.15, 0.2) is 36.5 Å². The number of pyridine rings is 1. The van der Waals surface area contributed by atoms with Crippen LogP contribution in [0, 0.1) is 0 Å². The number of benzene rings is 1. The average molecular weight is 243 g/mol. The Hall–Kier alpha value is -1.94. The van der Waals surface area contributed by atoms with E-state index in [-0.39, 0.29) is 5.91 Å². The lowest BCUT2D eigenvalue weighted by atomic mass is 10.1. The summed E-state index contributed by atoms with van der Waals surface area (Å²) >= 11 is 0. The molecule has 0 spiro atoms. The molecule has 0 unspecified atom stereocenters. The van der Waals surface area contributed by atoms with Gasteiger partial charge in [-0.2, -0.15) is 0 Å². The van der Waals surface area contributed by atoms with Gasteiger partial charge in [0.2, 0.25) is 0 Å². The normalized spacial score (nSPS) is 10.6. The summed E-state index contributed by atoms with van der Waals surface area (Å²) < 4.78 is 0. The highest BCUT2D eigenvalue weighted by molar-refractivity contribution is 6.05. The van der Waals surface area contributed by atoms with Crippen LogP contribution in [-0.4, -0.2) is 35.4 Å². The van der Waals surface area contributed by atoms with E-state index >= 15 is 0 Å². The first-order valence-electron chi connectivity index (χ1n) is 6.11. The maximum Gasteiger partial charge on any atom is 0.256 e. The van der Waals surface area contributed by atoms with Gasteiger partial charge in [-0.1, -0.05) is 18.2 Å². The number of carbonyl (C=O) groups excluding carboxylic acids is 1. The van der Waals surface area contributed by atoms with Gasteiger partial charge in [0, 0.05) is 31.2 Å². The van der Waals surface area contributed by atoms with Gasteiger partial charge in [-0.15, -0.1) is 0 Å². The summed E-state index contributed by atoms with van der Waals surface area (Å²) in [5.41, 5.74) is 6.92. The number of hydrogen-bond donors (Lipinski definition) is 1. The van der Waals surface area contributed by atoms with E-state index in [9.17, 15) is 4.79 Å². The molecule has 18 heavy (non-hydrogen) atoms. The second-order valence-electron chi connectivity index (χ2n) is 4.05. The van der Waals surface area contributed by atoms with Crippen molar-refractivity contribution in [2.24, 2.45) is 5.73 Å². The Kier molecular flexibility index (Phi) is 3.89. The first-order chi connectivity index (χ1) is 8.77. The highest BCUT2D eigenvalue weighted by Crippen LogP contribution is 2.17. The molecule has 0 saturated carbocycles. The van der Waals surface area contributed by atoms with Crippen LogP contribution < -0.4 is 5.73 Å². The van der Waals surface area contributed by atoms with E-state index in [1.165, 1.54) is 0 Å². The molecule has 4 heteroatoms. The second-order valence-corrected chi connectivity index (χ2v) is 4.05. The molecule has 0 aliphatic rings. The summed E-state index contributed by atoms with van der Waals surface area (Å²) in [7, 11) is 0. The van der Waals surface area contributed by atoms with Crippen molar-refractivity contribution in [1.82, 2.24) is 9.88 Å². The average Bonchev–Trinajstić information content (AvgIpc) is 2.43. The molecule has 0 aliphatic carbocycles. The minimum atomic E-state index is -0.00718. The molecule has 0 aliphatic heterocycles. The molecule has 1 amide bonds. The standard InChI is InChI=1S/C14H17N3O/c1-2-17(10-8-15)14(18)12-7-3-5-11-6-4-9-16-13(11)12/h3-7,9H,2,8,10,15H2,1H3. The van der Waals surface area contributed by atoms with Crippen molar-refractivity contribution in [2.45, 2.75) is 6.92 Å². The van der Waals surface area contributed by atoms with E-state index in [4.69, 9.17) is 5.73 Å². The Morgan fingerprint density at radius 3 is 2.83 bits per heavy atom. The van der Waals surface area contributed by atoms with Crippen LogP contribution >= 0.6 is 0 Å². The van der Waals surface area contributed by atoms with Crippen molar-refractivity contribution >= 4 is 16.8 Å². The molecule has 2 rings (SSSR count). The fraction of sp³-hybridized carbons (Fsp3) is 0.286. The molecule has 1 aromatic carbocycles. The first-order valence-corrected chi connectivity index (χ1v) is 6.11. The largest absolute Gasteiger partial charge is 0.338 e. The topological polar surface area (TPSA) is 59.2 Å². The van der Waals surface area contributed by atoms with Crippen LogP contribution in [0.25, 0.3) is 10.9 Å². The second kappa shape index (κ2) is 5.60. The highest BCUT2D eigenvalue weighted by Gasteiger charge is 2.16. The van der Waals surface area contributed by atoms with E-state index in [0.717, 1.165) is 10.9 Å². The van der Waals surface area contributed by atoms with Gasteiger partial charge in [-0.3, -0.25) is 9.78 Å². The zero-order chi connectivity index (χ0) is 13.0. The van der Waals surface area contributed by atoms with Gasteiger partial charge in [-0.05, 0) is 19.1 Å². The zero-order valence-corrected chi connectivity index (χ0v) is 10.5. The molecule has 1 heterocycles. The van der Waals surface area contributed by atoms with Crippen molar-refractivity contribution in [2.75, 3.05) is 19.6 Å². The molecule has 2 N–H and O–H groups in total. The van der Waals surface area contributed by atoms with Crippen molar-refractivity contribution in [3.63, 3.8) is 0 Å². The monoisotopic (exact) mass is 243 g/mol. The number of fused-ring (bicyclic) bond motifs is 1. The van der Waals surface area contributed by atoms with Gasteiger partial charge in [0.15, 0.2) is 0 Å². The van der Waals surface area contributed by atoms with Gasteiger partial charge in [0.05, 0.1) is 11.1 Å². The number of aromatic nitrogens is 1. The van der Waals surface area contributed by atoms with E-state index in [1.54, 1.807) is 11.1 Å². The smallest absolute Gasteiger partial charge is 0.256 e. The number of para-hydroxylation sites is 1. The van der Waals surface area contributed by atoms with E-state index < -0.39 is 0 Å². The van der Waals surface area contributed by atoms with Crippen LogP contribution in [0.2, 0.25) is 0 Å². The predicted molar refractivity (Wildman–Crippen MR) is 72.4 cm³/mol. The zero-order valence-electron chi connectivity index (χ0n) is 10.5. The molecule has 2 aromatic rings. The van der Waals surface area contributed by atoms with Crippen LogP contribution in [-0.2, 0) is 0 Å². The van der Waals surface area contributed by atoms with Crippen LogP contribution in [0.5, 0.6) is 0 Å². The molecular formula is C14H17N3O. The molecule has 0 bridgehead atoms. The number of nitrogens with zero attached hydrogens (tertiary/aromatic N) is 2. The molecular weight excluding hydrogens is 226 g/mol. The summed E-state index contributed by atoms with van der Waals surface area (Å²) in [5.74, 6) is -0.00718. The third-order valence-electron chi connectivity index (χ3n) is 2.93. The first kappa shape index (κ1) is 12.5. The minimum absolute atomic E-state index is 0.00718. The molecule has 4 nitrogen and oxygen atoms in total. The minimum Gasteiger partial charge on any atom is -0.338 e. The van der Waals surface area contributed by atoms with Gasteiger partial charge in [-0.25, -0.2) is 0 Å². The Morgan fingerprint density at radius 2 is 2.11 bits per heavy atom. The van der Waals surface area contributed by atoms with E-state index in [1.807, 2.05) is 37.3 Å². The number of carbonyl (C=O) groups is 1. The lowest BCUT2D eigenvalue weighted by Gasteiger charge is -2.20. The Balaban J connectivity index is 2.44. The maximum absolute atomic E-state index is 12.4. The van der Waals surface area contributed by atoms with Crippen LogP contribution in [0.1, 0.15) is 17.3 Å². The molecule has 0 atom stereocenters. The number of hydrogen-bond acceptors (Lipinski definition) is 3. The Morgan fingerprint density at radius 1 is 1.33 bits per heavy atom. The molecule has 1 aromatic heterocycles. The summed E-state index contributed by atoms with van der Waals surface area (Å²) in [6, 6.07) is 9.48. The third-order valence-corrected chi connectivity index (χ3v) is 2.93. The van der Waals surface area contributed by atoms with Gasteiger partial charge in [0.1, 0.15) is 0 Å². The quantitative estimate of drug-likeness (QED) is 0.888. The summed E-state index contributed by atoms with van der Waals surface area (Å²) in [4.78, 5) is 18.5. The molecule has 0 radical (unpaired) electrons. The van der Waals surface area contributed by atoms with Gasteiger partial charge in [0.25, 0.3) is 5.91 Å². The fourth-order valence-corrected chi connectivity index (χ4v) is 2.01. The molecule has 0 saturated heterocycles. The van der Waals surface area contributed by atoms with E-state index in [2.05, 4.69) is 4.98 Å². The number of likely N-dealkylation sites (N-methyl/N-ethyl adjacent to an activating group) is 1. The van der Waals surface area contributed by atoms with Gasteiger partial charge >= 0.3 is 0 Å². The summed E-state index contributed by atoms with van der Waals surface area (Å²) in [6.07, 6.45) is 1.71. The Bertz CT molecular complexity index is 548. The highest BCUT2D eigenvalue weighted by atomic mass is 16.2. The molecule has 0 fully saturated rings. The van der Waals surface area contributed by atoms with Crippen molar-refractivity contribution in [3.8, 4) is 0 Å². The Labute approximate surface area is 106 Å². The van der Waals surface area contributed by atoms with Crippen molar-refractivity contribution in [3.05, 3.63) is 42.1 Å². The van der Waals surface area contributed by atoms with Crippen LogP contribution in [0.4, 0.5) is 0 Å². The lowest BCUT2D eigenvalue weighted by molar-refractivity contribution is 0.0771. The molecule has 94 valence electrons. The van der Waals surface area contributed by atoms with Gasteiger partial charge < -0.3 is 10.6 Å². The van der Waals surface area contributed by atoms with Crippen molar-refractivity contribution in [1.29, 1.82) is 0 Å². The SMILES string of the molecule is CCN(CCN)C(=O)c1cccc2cccnc12. The van der Waals surface area contributed by atoms with Crippen molar-refractivity contribution < 1.29 is 4.79 Å². The number of amides is 1. The fourth-order valence-electron chi connectivity index (χ4n) is 2.01. The lowest BCUT2D eigenvalue weighted by Crippen LogP contribution is -2.35.